The van der Waals surface area contributed by atoms with Gasteiger partial charge in [0.15, 0.2) is 5.82 Å². The average Bonchev–Trinajstić information content (AvgIpc) is 3.18. The number of nitrogens with one attached hydrogen (secondary N) is 1. The Labute approximate surface area is 135 Å². The third kappa shape index (κ3) is 2.44. The van der Waals surface area contributed by atoms with Gasteiger partial charge in [0, 0.05) is 43.8 Å². The zero-order valence-electron chi connectivity index (χ0n) is 13.5. The van der Waals surface area contributed by atoms with Crippen molar-refractivity contribution in [1.82, 2.24) is 24.6 Å². The Morgan fingerprint density at radius 1 is 1.26 bits per heavy atom. The number of fused-ring (bicyclic) bond motifs is 2. The Balaban J connectivity index is 1.60. The quantitative estimate of drug-likeness (QED) is 0.804. The monoisotopic (exact) mass is 311 g/mol. The zero-order chi connectivity index (χ0) is 15.8. The van der Waals surface area contributed by atoms with Crippen LogP contribution in [-0.2, 0) is 24.4 Å². The van der Waals surface area contributed by atoms with Crippen LogP contribution in [0.15, 0.2) is 30.5 Å². The van der Waals surface area contributed by atoms with Crippen LogP contribution in [0.2, 0.25) is 0 Å². The van der Waals surface area contributed by atoms with Crippen molar-refractivity contribution in [2.45, 2.75) is 32.7 Å². The lowest BCUT2D eigenvalue weighted by Crippen LogP contribution is -2.37. The fraction of sp³-hybridized carbons (Fsp3) is 0.412. The molecule has 1 aliphatic rings. The first-order chi connectivity index (χ1) is 11.3. The van der Waals surface area contributed by atoms with Gasteiger partial charge in [0.2, 0.25) is 0 Å². The van der Waals surface area contributed by atoms with Gasteiger partial charge in [-0.3, -0.25) is 4.90 Å². The second kappa shape index (κ2) is 5.79. The number of methoxy groups -OCH3 is 1. The van der Waals surface area contributed by atoms with Crippen LogP contribution >= 0.6 is 0 Å². The molecule has 0 saturated carbocycles. The summed E-state index contributed by atoms with van der Waals surface area (Å²) in [5.41, 5.74) is 2.54. The van der Waals surface area contributed by atoms with E-state index < -0.39 is 0 Å². The molecule has 1 atom stereocenters. The van der Waals surface area contributed by atoms with Gasteiger partial charge in [-0.05, 0) is 24.6 Å². The lowest BCUT2D eigenvalue weighted by molar-refractivity contribution is 0.143. The van der Waals surface area contributed by atoms with E-state index in [2.05, 4.69) is 55.8 Å². The number of aromatic amines is 1. The van der Waals surface area contributed by atoms with Crippen molar-refractivity contribution < 1.29 is 4.74 Å². The van der Waals surface area contributed by atoms with Gasteiger partial charge in [-0.1, -0.05) is 12.1 Å². The molecule has 0 spiro atoms. The second-order valence-electron chi connectivity index (χ2n) is 6.06. The van der Waals surface area contributed by atoms with Crippen LogP contribution in [0.3, 0.4) is 0 Å². The summed E-state index contributed by atoms with van der Waals surface area (Å²) in [5.74, 6) is 1.95. The van der Waals surface area contributed by atoms with Crippen molar-refractivity contribution in [1.29, 1.82) is 0 Å². The van der Waals surface area contributed by atoms with Crippen molar-refractivity contribution in [3.05, 3.63) is 47.7 Å². The van der Waals surface area contributed by atoms with Crippen molar-refractivity contribution in [2.75, 3.05) is 13.7 Å². The molecule has 0 aliphatic carbocycles. The highest BCUT2D eigenvalue weighted by Crippen LogP contribution is 2.28. The standard InChI is InChI=1S/C17H21N5O/c1-12-17-20-19-16(11-23-2)22(17)9-8-21(12)10-13-4-3-5-15-14(13)6-7-18-15/h3-7,12,18H,8-11H2,1-2H3/t12-/m1/s1. The summed E-state index contributed by atoms with van der Waals surface area (Å²) >= 11 is 0. The summed E-state index contributed by atoms with van der Waals surface area (Å²) < 4.78 is 7.40. The Morgan fingerprint density at radius 3 is 3.04 bits per heavy atom. The fourth-order valence-electron chi connectivity index (χ4n) is 3.45. The Kier molecular flexibility index (Phi) is 3.63. The zero-order valence-corrected chi connectivity index (χ0v) is 13.5. The van der Waals surface area contributed by atoms with Crippen molar-refractivity contribution in [3.8, 4) is 0 Å². The minimum atomic E-state index is 0.246. The highest BCUT2D eigenvalue weighted by atomic mass is 16.5. The number of hydrogen-bond acceptors (Lipinski definition) is 4. The topological polar surface area (TPSA) is 59.0 Å². The average molecular weight is 311 g/mol. The molecule has 1 aliphatic heterocycles. The molecule has 120 valence electrons. The molecule has 0 saturated heterocycles. The van der Waals surface area contributed by atoms with Crippen LogP contribution in [0.4, 0.5) is 0 Å². The van der Waals surface area contributed by atoms with E-state index in [0.29, 0.717) is 6.61 Å². The fourth-order valence-corrected chi connectivity index (χ4v) is 3.45. The summed E-state index contributed by atoms with van der Waals surface area (Å²) in [6.45, 7) is 5.54. The van der Waals surface area contributed by atoms with Crippen LogP contribution in [0, 0.1) is 0 Å². The van der Waals surface area contributed by atoms with Gasteiger partial charge in [-0.2, -0.15) is 0 Å². The molecule has 0 unspecified atom stereocenters. The maximum absolute atomic E-state index is 5.21. The summed E-state index contributed by atoms with van der Waals surface area (Å²) in [6.07, 6.45) is 2.00. The molecule has 0 amide bonds. The molecule has 0 bridgehead atoms. The number of rotatable bonds is 4. The molecule has 0 radical (unpaired) electrons. The third-order valence-corrected chi connectivity index (χ3v) is 4.72. The number of ether oxygens (including phenoxy) is 1. The van der Waals surface area contributed by atoms with Gasteiger partial charge in [0.1, 0.15) is 12.4 Å². The highest BCUT2D eigenvalue weighted by molar-refractivity contribution is 5.82. The first kappa shape index (κ1) is 14.4. The number of H-pyrrole nitrogens is 1. The summed E-state index contributed by atoms with van der Waals surface area (Å²) in [6, 6.07) is 8.83. The number of nitrogens with zero attached hydrogens (tertiary/aromatic N) is 4. The molecule has 1 N–H and O–H groups in total. The Hall–Kier alpha value is -2.18. The number of hydrogen-bond donors (Lipinski definition) is 1. The maximum Gasteiger partial charge on any atom is 0.159 e. The van der Waals surface area contributed by atoms with Crippen molar-refractivity contribution in [3.63, 3.8) is 0 Å². The number of benzene rings is 1. The first-order valence-corrected chi connectivity index (χ1v) is 7.98. The molecule has 6 nitrogen and oxygen atoms in total. The van der Waals surface area contributed by atoms with E-state index in [9.17, 15) is 0 Å². The normalized spacial score (nSPS) is 18.4. The SMILES string of the molecule is COCc1nnc2n1CCN(Cc1cccc3[nH]ccc13)[C@@H]2C. The van der Waals surface area contributed by atoms with Crippen molar-refractivity contribution in [2.24, 2.45) is 0 Å². The smallest absolute Gasteiger partial charge is 0.159 e. The molecular formula is C17H21N5O. The molecule has 1 aromatic carbocycles. The van der Waals surface area contributed by atoms with Gasteiger partial charge in [0.05, 0.1) is 6.04 Å². The lowest BCUT2D eigenvalue weighted by Gasteiger charge is -2.33. The van der Waals surface area contributed by atoms with Crippen LogP contribution < -0.4 is 0 Å². The van der Waals surface area contributed by atoms with Crippen LogP contribution in [0.5, 0.6) is 0 Å². The van der Waals surface area contributed by atoms with Crippen molar-refractivity contribution >= 4 is 10.9 Å². The predicted molar refractivity (Wildman–Crippen MR) is 87.9 cm³/mol. The summed E-state index contributed by atoms with van der Waals surface area (Å²) in [4.78, 5) is 5.74. The van der Waals surface area contributed by atoms with Crippen LogP contribution in [0.25, 0.3) is 10.9 Å². The van der Waals surface area contributed by atoms with Crippen LogP contribution in [0.1, 0.15) is 30.2 Å². The highest BCUT2D eigenvalue weighted by Gasteiger charge is 2.28. The molecule has 6 heteroatoms. The molecule has 3 aromatic rings. The lowest BCUT2D eigenvalue weighted by atomic mass is 10.1. The molecular weight excluding hydrogens is 290 g/mol. The summed E-state index contributed by atoms with van der Waals surface area (Å²) in [5, 5.41) is 9.96. The predicted octanol–water partition coefficient (Wildman–Crippen LogP) is 2.48. The Bertz CT molecular complexity index is 821. The molecule has 0 fully saturated rings. The van der Waals surface area contributed by atoms with Crippen LogP contribution in [-0.4, -0.2) is 38.3 Å². The van der Waals surface area contributed by atoms with E-state index in [1.165, 1.54) is 16.5 Å². The molecule has 2 aromatic heterocycles. The van der Waals surface area contributed by atoms with E-state index in [4.69, 9.17) is 4.74 Å². The largest absolute Gasteiger partial charge is 0.377 e. The Morgan fingerprint density at radius 2 is 2.17 bits per heavy atom. The second-order valence-corrected chi connectivity index (χ2v) is 6.06. The first-order valence-electron chi connectivity index (χ1n) is 7.98. The van der Waals surface area contributed by atoms with Gasteiger partial charge < -0.3 is 14.3 Å². The van der Waals surface area contributed by atoms with Gasteiger partial charge in [0.25, 0.3) is 0 Å². The van der Waals surface area contributed by atoms with E-state index in [1.807, 2.05) is 6.20 Å². The molecule has 3 heterocycles. The van der Waals surface area contributed by atoms with Gasteiger partial charge in [-0.15, -0.1) is 10.2 Å². The van der Waals surface area contributed by atoms with E-state index in [1.54, 1.807) is 7.11 Å². The number of aromatic nitrogens is 4. The summed E-state index contributed by atoms with van der Waals surface area (Å²) in [7, 11) is 1.69. The minimum Gasteiger partial charge on any atom is -0.377 e. The minimum absolute atomic E-state index is 0.246. The molecule has 23 heavy (non-hydrogen) atoms. The van der Waals surface area contributed by atoms with Gasteiger partial charge in [-0.25, -0.2) is 0 Å². The maximum atomic E-state index is 5.21. The van der Waals surface area contributed by atoms with Gasteiger partial charge >= 0.3 is 0 Å². The third-order valence-electron chi connectivity index (χ3n) is 4.72. The van der Waals surface area contributed by atoms with E-state index in [0.717, 1.165) is 31.3 Å². The van der Waals surface area contributed by atoms with E-state index in [-0.39, 0.29) is 6.04 Å². The van der Waals surface area contributed by atoms with E-state index >= 15 is 0 Å². The molecule has 4 rings (SSSR count).